The van der Waals surface area contributed by atoms with Crippen molar-refractivity contribution in [2.75, 3.05) is 13.2 Å². The van der Waals surface area contributed by atoms with Crippen LogP contribution < -0.4 is 0 Å². The zero-order chi connectivity index (χ0) is 54.8. The Balaban J connectivity index is 3.58. The highest BCUT2D eigenvalue weighted by Crippen LogP contribution is 2.15. The summed E-state index contributed by atoms with van der Waals surface area (Å²) < 4.78 is 10.7. The lowest BCUT2D eigenvalue weighted by atomic mass is 10.0. The van der Waals surface area contributed by atoms with E-state index in [4.69, 9.17) is 9.47 Å². The fourth-order valence-corrected chi connectivity index (χ4v) is 8.70. The molecule has 0 aromatic heterocycles. The molecule has 5 heteroatoms. The van der Waals surface area contributed by atoms with Crippen LogP contribution in [-0.2, 0) is 19.1 Å². The van der Waals surface area contributed by atoms with Crippen LogP contribution in [0, 0.1) is 0 Å². The van der Waals surface area contributed by atoms with E-state index in [0.717, 1.165) is 109 Å². The zero-order valence-electron chi connectivity index (χ0n) is 49.5. The lowest BCUT2D eigenvalue weighted by Crippen LogP contribution is -2.28. The van der Waals surface area contributed by atoms with Crippen LogP contribution in [0.25, 0.3) is 0 Å². The summed E-state index contributed by atoms with van der Waals surface area (Å²) in [6, 6.07) is 0. The number of allylic oxidation sites excluding steroid dienone is 22. The number of aliphatic hydroxyl groups excluding tert-OH is 1. The van der Waals surface area contributed by atoms with Gasteiger partial charge in [0.25, 0.3) is 0 Å². The minimum absolute atomic E-state index is 0.0748. The van der Waals surface area contributed by atoms with Crippen LogP contribution in [-0.4, -0.2) is 36.4 Å². The van der Waals surface area contributed by atoms with Crippen molar-refractivity contribution in [1.82, 2.24) is 0 Å². The summed E-state index contributed by atoms with van der Waals surface area (Å²) in [5.41, 5.74) is 0. The predicted octanol–water partition coefficient (Wildman–Crippen LogP) is 22.0. The fraction of sp³-hybridized carbons (Fsp3) is 0.662. The largest absolute Gasteiger partial charge is 0.462 e. The van der Waals surface area contributed by atoms with E-state index in [-0.39, 0.29) is 25.2 Å². The standard InChI is InChI=1S/C71H118O5/c1-3-5-7-9-11-13-15-17-19-21-23-25-27-28-29-30-31-32-33-34-35-36-37-38-39-40-41-42-44-46-48-50-52-54-56-58-60-62-64-66-71(74)76-69(67-72)68-75-70(73)65-63-61-59-57-55-53-51-49-47-45-43-26-24-22-20-18-16-14-12-10-8-6-4-2/h5,7,11,13,17,19,22-25,28-29,31-32,34-35,37-38,40-41,44,46,69,72H,3-4,6,8-10,12,14-16,18,20-21,26-27,30,33,36,39,42-43,45,47-68H2,1-2H3/b7-5-,13-11-,19-17-,24-22-,25-23-,29-28-,32-31-,35-34-,38-37-,41-40-,46-44-. The number of rotatable bonds is 57. The number of carbonyl (C=O) groups excluding carboxylic acids is 2. The van der Waals surface area contributed by atoms with Crippen molar-refractivity contribution in [3.8, 4) is 0 Å². The third-order valence-corrected chi connectivity index (χ3v) is 13.4. The minimum Gasteiger partial charge on any atom is -0.462 e. The highest BCUT2D eigenvalue weighted by atomic mass is 16.6. The molecule has 76 heavy (non-hydrogen) atoms. The Morgan fingerprint density at radius 1 is 0.316 bits per heavy atom. The van der Waals surface area contributed by atoms with Crippen LogP contribution in [0.3, 0.4) is 0 Å². The highest BCUT2D eigenvalue weighted by molar-refractivity contribution is 5.70. The molecule has 0 spiro atoms. The highest BCUT2D eigenvalue weighted by Gasteiger charge is 2.16. The number of hydrogen-bond donors (Lipinski definition) is 1. The molecule has 0 bridgehead atoms. The maximum Gasteiger partial charge on any atom is 0.306 e. The van der Waals surface area contributed by atoms with Crippen molar-refractivity contribution in [3.63, 3.8) is 0 Å². The molecular formula is C71H118O5. The molecule has 432 valence electrons. The molecule has 0 fully saturated rings. The summed E-state index contributed by atoms with van der Waals surface area (Å²) >= 11 is 0. The van der Waals surface area contributed by atoms with Gasteiger partial charge in [-0.2, -0.15) is 0 Å². The lowest BCUT2D eigenvalue weighted by Gasteiger charge is -2.15. The van der Waals surface area contributed by atoms with Crippen molar-refractivity contribution in [1.29, 1.82) is 0 Å². The quantitative estimate of drug-likeness (QED) is 0.0373. The number of unbranched alkanes of at least 4 members (excludes halogenated alkanes) is 27. The maximum absolute atomic E-state index is 12.3. The Bertz CT molecular complexity index is 1570. The van der Waals surface area contributed by atoms with E-state index in [1.54, 1.807) is 0 Å². The minimum atomic E-state index is -0.786. The molecule has 0 amide bonds. The van der Waals surface area contributed by atoms with Crippen LogP contribution in [0.1, 0.15) is 284 Å². The summed E-state index contributed by atoms with van der Waals surface area (Å²) in [4.78, 5) is 24.6. The normalized spacial score (nSPS) is 13.1. The lowest BCUT2D eigenvalue weighted by molar-refractivity contribution is -0.161. The number of carbonyl (C=O) groups is 2. The summed E-state index contributed by atoms with van der Waals surface area (Å²) in [6.45, 7) is 4.03. The van der Waals surface area contributed by atoms with Crippen LogP contribution in [0.2, 0.25) is 0 Å². The molecule has 0 rings (SSSR count). The molecule has 0 aromatic carbocycles. The van der Waals surface area contributed by atoms with Gasteiger partial charge in [-0.25, -0.2) is 0 Å². The summed E-state index contributed by atoms with van der Waals surface area (Å²) in [6.07, 6.45) is 97.3. The summed E-state index contributed by atoms with van der Waals surface area (Å²) in [5, 5.41) is 9.68. The van der Waals surface area contributed by atoms with Gasteiger partial charge in [0.05, 0.1) is 6.61 Å². The Morgan fingerprint density at radius 3 is 0.868 bits per heavy atom. The predicted molar refractivity (Wildman–Crippen MR) is 334 cm³/mol. The molecule has 0 aliphatic heterocycles. The molecule has 1 N–H and O–H groups in total. The summed E-state index contributed by atoms with van der Waals surface area (Å²) in [5.74, 6) is -0.601. The van der Waals surface area contributed by atoms with Gasteiger partial charge in [0, 0.05) is 12.8 Å². The Hall–Kier alpha value is -3.96. The van der Waals surface area contributed by atoms with Gasteiger partial charge >= 0.3 is 11.9 Å². The third kappa shape index (κ3) is 62.6. The van der Waals surface area contributed by atoms with Crippen molar-refractivity contribution in [2.45, 2.75) is 290 Å². The van der Waals surface area contributed by atoms with Gasteiger partial charge in [-0.3, -0.25) is 9.59 Å². The van der Waals surface area contributed by atoms with E-state index in [1.165, 1.54) is 148 Å². The first-order valence-electron chi connectivity index (χ1n) is 31.7. The average molecular weight is 1050 g/mol. The van der Waals surface area contributed by atoms with E-state index in [0.29, 0.717) is 12.8 Å². The van der Waals surface area contributed by atoms with Gasteiger partial charge in [0.1, 0.15) is 6.61 Å². The molecule has 0 aliphatic rings. The molecule has 0 saturated carbocycles. The van der Waals surface area contributed by atoms with Crippen molar-refractivity contribution >= 4 is 11.9 Å². The van der Waals surface area contributed by atoms with Crippen molar-refractivity contribution in [3.05, 3.63) is 134 Å². The molecule has 0 radical (unpaired) electrons. The van der Waals surface area contributed by atoms with Crippen LogP contribution in [0.5, 0.6) is 0 Å². The maximum atomic E-state index is 12.3. The van der Waals surface area contributed by atoms with Crippen LogP contribution in [0.4, 0.5) is 0 Å². The van der Waals surface area contributed by atoms with Crippen LogP contribution in [0.15, 0.2) is 134 Å². The number of esters is 2. The molecule has 0 heterocycles. The molecule has 1 atom stereocenters. The SMILES string of the molecule is CC/C=C\C/C=C\C/C=C\C/C=C\C/C=C\C/C=C\C/C=C\C/C=C\C/C=C\C/C=C\CCCCCCCCCCC(=O)OC(CO)COC(=O)CCCCCCCCCCCCC/C=C\CCCCCCCCCC. The van der Waals surface area contributed by atoms with Crippen molar-refractivity contribution in [2.24, 2.45) is 0 Å². The molecular weight excluding hydrogens is 933 g/mol. The van der Waals surface area contributed by atoms with Gasteiger partial charge in [0.2, 0.25) is 0 Å². The zero-order valence-corrected chi connectivity index (χ0v) is 49.5. The van der Waals surface area contributed by atoms with Gasteiger partial charge in [-0.05, 0) is 116 Å². The van der Waals surface area contributed by atoms with E-state index in [2.05, 4.69) is 148 Å². The van der Waals surface area contributed by atoms with Crippen molar-refractivity contribution < 1.29 is 24.2 Å². The Labute approximate surface area is 470 Å². The van der Waals surface area contributed by atoms with E-state index >= 15 is 0 Å². The van der Waals surface area contributed by atoms with E-state index in [9.17, 15) is 14.7 Å². The number of ether oxygens (including phenoxy) is 2. The fourth-order valence-electron chi connectivity index (χ4n) is 8.70. The summed E-state index contributed by atoms with van der Waals surface area (Å²) in [7, 11) is 0. The van der Waals surface area contributed by atoms with Gasteiger partial charge in [0.15, 0.2) is 6.10 Å². The number of aliphatic hydroxyl groups is 1. The molecule has 0 aliphatic carbocycles. The Morgan fingerprint density at radius 2 is 0.566 bits per heavy atom. The molecule has 1 unspecified atom stereocenters. The topological polar surface area (TPSA) is 72.8 Å². The second kappa shape index (κ2) is 65.3. The third-order valence-electron chi connectivity index (χ3n) is 13.4. The van der Waals surface area contributed by atoms with Crippen LogP contribution >= 0.6 is 0 Å². The van der Waals surface area contributed by atoms with Gasteiger partial charge in [-0.1, -0.05) is 289 Å². The second-order valence-corrected chi connectivity index (χ2v) is 20.8. The van der Waals surface area contributed by atoms with Gasteiger partial charge < -0.3 is 14.6 Å². The Kier molecular flexibility index (Phi) is 61.9. The number of hydrogen-bond acceptors (Lipinski definition) is 5. The van der Waals surface area contributed by atoms with E-state index < -0.39 is 6.10 Å². The first-order valence-corrected chi connectivity index (χ1v) is 31.7. The first-order chi connectivity index (χ1) is 37.6. The molecule has 0 saturated heterocycles. The first kappa shape index (κ1) is 72.0. The molecule has 0 aromatic rings. The van der Waals surface area contributed by atoms with Gasteiger partial charge in [-0.15, -0.1) is 0 Å². The molecule has 5 nitrogen and oxygen atoms in total. The smallest absolute Gasteiger partial charge is 0.306 e. The van der Waals surface area contributed by atoms with E-state index in [1.807, 2.05) is 0 Å². The monoisotopic (exact) mass is 1050 g/mol. The second-order valence-electron chi connectivity index (χ2n) is 20.8. The average Bonchev–Trinajstić information content (AvgIpc) is 3.42.